The van der Waals surface area contributed by atoms with Gasteiger partial charge in [0.2, 0.25) is 21.8 Å². The average Bonchev–Trinajstić information content (AvgIpc) is 3.60. The molecule has 1 aliphatic carbocycles. The first-order valence-corrected chi connectivity index (χ1v) is 11.7. The number of hydrogen-bond acceptors (Lipinski definition) is 4. The lowest BCUT2D eigenvalue weighted by Crippen LogP contribution is -2.51. The van der Waals surface area contributed by atoms with Crippen LogP contribution in [0.4, 0.5) is 5.69 Å². The molecule has 1 heterocycles. The number of anilines is 1. The van der Waals surface area contributed by atoms with E-state index < -0.39 is 10.0 Å². The molecule has 2 aromatic carbocycles. The van der Waals surface area contributed by atoms with Crippen LogP contribution in [0.15, 0.2) is 72.1 Å². The van der Waals surface area contributed by atoms with Crippen molar-refractivity contribution in [3.8, 4) is 0 Å². The summed E-state index contributed by atoms with van der Waals surface area (Å²) in [6, 6.07) is 16.1. The number of piperazine rings is 1. The molecule has 1 aliphatic heterocycles. The van der Waals surface area contributed by atoms with E-state index in [0.29, 0.717) is 18.8 Å². The van der Waals surface area contributed by atoms with Gasteiger partial charge in [-0.15, -0.1) is 0 Å². The summed E-state index contributed by atoms with van der Waals surface area (Å²) in [5.41, 5.74) is 1.69. The van der Waals surface area contributed by atoms with Crippen molar-refractivity contribution in [3.63, 3.8) is 0 Å². The normalized spacial score (nSPS) is 21.4. The predicted octanol–water partition coefficient (Wildman–Crippen LogP) is 2.45. The second kappa shape index (κ2) is 8.64. The van der Waals surface area contributed by atoms with E-state index in [2.05, 4.69) is 24.0 Å². The zero-order valence-corrected chi connectivity index (χ0v) is 17.9. The number of rotatable bonds is 6. The largest absolute Gasteiger partial charge is 0.340 e. The zero-order valence-electron chi connectivity index (χ0n) is 17.1. The zero-order chi connectivity index (χ0) is 22.0. The molecule has 2 aromatic rings. The summed E-state index contributed by atoms with van der Waals surface area (Å²) in [6.07, 6.45) is 2.01. The van der Waals surface area contributed by atoms with Gasteiger partial charge in [0, 0.05) is 37.8 Å². The minimum atomic E-state index is -3.66. The number of hydrogen-bond donors (Lipinski definition) is 1. The molecule has 1 saturated heterocycles. The van der Waals surface area contributed by atoms with Crippen molar-refractivity contribution < 1.29 is 18.0 Å². The van der Waals surface area contributed by atoms with E-state index in [1.54, 1.807) is 17.0 Å². The summed E-state index contributed by atoms with van der Waals surface area (Å²) >= 11 is 0. The van der Waals surface area contributed by atoms with Crippen molar-refractivity contribution in [2.24, 2.45) is 5.92 Å². The van der Waals surface area contributed by atoms with Crippen LogP contribution in [0.3, 0.4) is 0 Å². The topological polar surface area (TPSA) is 86.8 Å². The van der Waals surface area contributed by atoms with E-state index in [9.17, 15) is 18.0 Å². The molecule has 0 spiro atoms. The third kappa shape index (κ3) is 4.55. The van der Waals surface area contributed by atoms with Gasteiger partial charge in [-0.1, -0.05) is 36.9 Å². The number of amides is 2. The molecule has 2 amide bonds. The first-order valence-electron chi connectivity index (χ1n) is 10.3. The molecule has 2 fully saturated rings. The van der Waals surface area contributed by atoms with Gasteiger partial charge in [0.05, 0.1) is 4.90 Å². The molecule has 1 saturated carbocycles. The van der Waals surface area contributed by atoms with Crippen molar-refractivity contribution in [1.82, 2.24) is 9.21 Å². The summed E-state index contributed by atoms with van der Waals surface area (Å²) in [5.74, 6) is 0.0363. The predicted molar refractivity (Wildman–Crippen MR) is 118 cm³/mol. The van der Waals surface area contributed by atoms with Crippen molar-refractivity contribution >= 4 is 27.5 Å². The van der Waals surface area contributed by atoms with E-state index in [1.807, 2.05) is 18.2 Å². The number of sulfonamides is 1. The van der Waals surface area contributed by atoms with Gasteiger partial charge in [-0.05, 0) is 48.2 Å². The van der Waals surface area contributed by atoms with Gasteiger partial charge in [0.1, 0.15) is 0 Å². The molecule has 0 radical (unpaired) electrons. The minimum Gasteiger partial charge on any atom is -0.340 e. The summed E-state index contributed by atoms with van der Waals surface area (Å²) in [6.45, 7) is 4.71. The van der Waals surface area contributed by atoms with Crippen LogP contribution in [0.25, 0.3) is 0 Å². The molecule has 7 nitrogen and oxygen atoms in total. The highest BCUT2D eigenvalue weighted by Crippen LogP contribution is 2.48. The third-order valence-electron chi connectivity index (χ3n) is 5.83. The Morgan fingerprint density at radius 2 is 1.61 bits per heavy atom. The molecular formula is C23H25N3O4S. The number of nitrogens with one attached hydrogen (secondary N) is 1. The van der Waals surface area contributed by atoms with Gasteiger partial charge in [0.15, 0.2) is 0 Å². The van der Waals surface area contributed by atoms with E-state index in [0.717, 1.165) is 12.5 Å². The Kier molecular flexibility index (Phi) is 5.93. The van der Waals surface area contributed by atoms with Crippen LogP contribution < -0.4 is 5.32 Å². The van der Waals surface area contributed by atoms with Crippen LogP contribution in [0.2, 0.25) is 0 Å². The molecule has 8 heteroatoms. The molecule has 31 heavy (non-hydrogen) atoms. The third-order valence-corrected chi connectivity index (χ3v) is 7.74. The van der Waals surface area contributed by atoms with Crippen LogP contribution >= 0.6 is 0 Å². The second-order valence-corrected chi connectivity index (χ2v) is 9.74. The van der Waals surface area contributed by atoms with Crippen LogP contribution in [0.1, 0.15) is 17.9 Å². The summed E-state index contributed by atoms with van der Waals surface area (Å²) in [4.78, 5) is 26.1. The number of nitrogens with zero attached hydrogens (tertiary/aromatic N) is 2. The van der Waals surface area contributed by atoms with Crippen LogP contribution in [0.5, 0.6) is 0 Å². The quantitative estimate of drug-likeness (QED) is 0.701. The Hall–Kier alpha value is -2.97. The van der Waals surface area contributed by atoms with Crippen LogP contribution in [-0.2, 0) is 19.6 Å². The standard InChI is InChI=1S/C23H25N3O4S/c1-2-22(27)24-18-8-10-19(11-9-18)31(29,30)26-14-12-25(13-15-26)23(28)21-16-20(21)17-6-4-3-5-7-17/h2-11,20-21H,1,12-16H2,(H,24,27). The first-order chi connectivity index (χ1) is 14.9. The van der Waals surface area contributed by atoms with E-state index in [1.165, 1.54) is 22.0 Å². The molecule has 2 aliphatic rings. The second-order valence-electron chi connectivity index (χ2n) is 7.81. The van der Waals surface area contributed by atoms with Crippen molar-refractivity contribution in [2.45, 2.75) is 17.2 Å². The SMILES string of the molecule is C=CC(=O)Nc1ccc(S(=O)(=O)N2CCN(C(=O)C3CC3c3ccccc3)CC2)cc1. The van der Waals surface area contributed by atoms with Gasteiger partial charge < -0.3 is 10.2 Å². The minimum absolute atomic E-state index is 0.00359. The summed E-state index contributed by atoms with van der Waals surface area (Å²) in [5, 5.41) is 2.59. The lowest BCUT2D eigenvalue weighted by atomic mass is 10.1. The first kappa shape index (κ1) is 21.3. The number of carbonyl (C=O) groups excluding carboxylic acids is 2. The van der Waals surface area contributed by atoms with Crippen molar-refractivity contribution in [1.29, 1.82) is 0 Å². The molecule has 2 unspecified atom stereocenters. The van der Waals surface area contributed by atoms with Crippen LogP contribution in [-0.4, -0.2) is 55.6 Å². The van der Waals surface area contributed by atoms with Crippen molar-refractivity contribution in [2.75, 3.05) is 31.5 Å². The Morgan fingerprint density at radius 1 is 0.968 bits per heavy atom. The van der Waals surface area contributed by atoms with Gasteiger partial charge in [-0.2, -0.15) is 4.31 Å². The maximum Gasteiger partial charge on any atom is 0.247 e. The Morgan fingerprint density at radius 3 is 2.23 bits per heavy atom. The van der Waals surface area contributed by atoms with Crippen molar-refractivity contribution in [3.05, 3.63) is 72.8 Å². The van der Waals surface area contributed by atoms with E-state index >= 15 is 0 Å². The maximum atomic E-state index is 13.0. The molecular weight excluding hydrogens is 414 g/mol. The fraction of sp³-hybridized carbons (Fsp3) is 0.304. The highest BCUT2D eigenvalue weighted by atomic mass is 32.2. The van der Waals surface area contributed by atoms with Gasteiger partial charge in [0.25, 0.3) is 0 Å². The Bertz CT molecular complexity index is 1080. The molecule has 0 bridgehead atoms. The van der Waals surface area contributed by atoms with Gasteiger partial charge in [-0.25, -0.2) is 8.42 Å². The molecule has 162 valence electrons. The molecule has 0 aromatic heterocycles. The Balaban J connectivity index is 1.34. The smallest absolute Gasteiger partial charge is 0.247 e. The molecule has 4 rings (SSSR count). The lowest BCUT2D eigenvalue weighted by molar-refractivity contribution is -0.133. The lowest BCUT2D eigenvalue weighted by Gasteiger charge is -2.34. The average molecular weight is 440 g/mol. The monoisotopic (exact) mass is 439 g/mol. The maximum absolute atomic E-state index is 13.0. The van der Waals surface area contributed by atoms with Crippen LogP contribution in [0, 0.1) is 5.92 Å². The summed E-state index contributed by atoms with van der Waals surface area (Å²) in [7, 11) is -3.66. The Labute approximate surface area is 182 Å². The highest BCUT2D eigenvalue weighted by Gasteiger charge is 2.46. The fourth-order valence-corrected chi connectivity index (χ4v) is 5.39. The molecule has 1 N–H and O–H groups in total. The van der Waals surface area contributed by atoms with E-state index in [-0.39, 0.29) is 41.6 Å². The number of carbonyl (C=O) groups is 2. The van der Waals surface area contributed by atoms with Gasteiger partial charge >= 0.3 is 0 Å². The summed E-state index contributed by atoms with van der Waals surface area (Å²) < 4.78 is 27.3. The highest BCUT2D eigenvalue weighted by molar-refractivity contribution is 7.89. The number of benzene rings is 2. The molecule has 2 atom stereocenters. The van der Waals surface area contributed by atoms with Gasteiger partial charge in [-0.3, -0.25) is 9.59 Å². The van der Waals surface area contributed by atoms with E-state index in [4.69, 9.17) is 0 Å². The fourth-order valence-electron chi connectivity index (χ4n) is 3.97.